The molecule has 0 radical (unpaired) electrons. The minimum absolute atomic E-state index is 0.149. The smallest absolute Gasteiger partial charge is 0.0697 e. The molecule has 0 saturated carbocycles. The summed E-state index contributed by atoms with van der Waals surface area (Å²) in [5.74, 6) is 0. The summed E-state index contributed by atoms with van der Waals surface area (Å²) in [6, 6.07) is 7.66. The van der Waals surface area contributed by atoms with Gasteiger partial charge < -0.3 is 10.6 Å². The molecule has 114 valence electrons. The quantitative estimate of drug-likeness (QED) is 0.849. The second-order valence-corrected chi connectivity index (χ2v) is 6.57. The van der Waals surface area contributed by atoms with Crippen molar-refractivity contribution in [2.75, 3.05) is 20.6 Å². The summed E-state index contributed by atoms with van der Waals surface area (Å²) in [4.78, 5) is 2.12. The Kier molecular flexibility index (Phi) is 5.81. The lowest BCUT2D eigenvalue weighted by atomic mass is 10.0. The Balaban J connectivity index is 2.17. The van der Waals surface area contributed by atoms with Gasteiger partial charge in [-0.15, -0.1) is 0 Å². The molecule has 2 N–H and O–H groups in total. The first-order valence-corrected chi connectivity index (χ1v) is 8.01. The summed E-state index contributed by atoms with van der Waals surface area (Å²) in [6.45, 7) is 1.73. The second kappa shape index (κ2) is 7.40. The average Bonchev–Trinajstić information content (AvgIpc) is 2.80. The van der Waals surface area contributed by atoms with Crippen molar-refractivity contribution in [1.29, 1.82) is 0 Å². The molecule has 0 aliphatic carbocycles. The highest BCUT2D eigenvalue weighted by molar-refractivity contribution is 9.10. The number of hydrogen-bond acceptors (Lipinski definition) is 3. The van der Waals surface area contributed by atoms with E-state index in [1.807, 2.05) is 43.0 Å². The Morgan fingerprint density at radius 2 is 2.10 bits per heavy atom. The molecule has 2 rings (SSSR count). The van der Waals surface area contributed by atoms with Crippen molar-refractivity contribution >= 4 is 27.5 Å². The van der Waals surface area contributed by atoms with Crippen LogP contribution in [0.25, 0.3) is 0 Å². The van der Waals surface area contributed by atoms with Crippen LogP contribution in [-0.2, 0) is 13.0 Å². The lowest BCUT2D eigenvalue weighted by molar-refractivity contribution is 0.366. The van der Waals surface area contributed by atoms with Crippen LogP contribution in [0.3, 0.4) is 0 Å². The molecule has 2 aromatic rings. The number of aromatic nitrogens is 2. The van der Waals surface area contributed by atoms with Gasteiger partial charge in [0.1, 0.15) is 0 Å². The average molecular weight is 372 g/mol. The third-order valence-corrected chi connectivity index (χ3v) is 4.32. The van der Waals surface area contributed by atoms with E-state index in [1.165, 1.54) is 0 Å². The predicted octanol–water partition coefficient (Wildman–Crippen LogP) is 3.10. The fourth-order valence-electron chi connectivity index (χ4n) is 2.21. The molecular weight excluding hydrogens is 352 g/mol. The van der Waals surface area contributed by atoms with Crippen molar-refractivity contribution < 1.29 is 0 Å². The Morgan fingerprint density at radius 3 is 2.76 bits per heavy atom. The number of benzene rings is 1. The second-order valence-electron chi connectivity index (χ2n) is 5.31. The number of likely N-dealkylation sites (N-methyl/N-ethyl adjacent to an activating group) is 1. The van der Waals surface area contributed by atoms with Crippen molar-refractivity contribution in [3.8, 4) is 0 Å². The van der Waals surface area contributed by atoms with Crippen LogP contribution in [0.1, 0.15) is 17.3 Å². The first-order chi connectivity index (χ1) is 9.99. The zero-order chi connectivity index (χ0) is 15.4. The third kappa shape index (κ3) is 4.30. The van der Waals surface area contributed by atoms with Crippen LogP contribution in [0, 0.1) is 0 Å². The minimum atomic E-state index is -0.149. The Bertz CT molecular complexity index is 597. The number of rotatable bonds is 6. The van der Waals surface area contributed by atoms with E-state index in [2.05, 4.69) is 25.9 Å². The van der Waals surface area contributed by atoms with Crippen molar-refractivity contribution in [2.45, 2.75) is 19.0 Å². The highest BCUT2D eigenvalue weighted by Crippen LogP contribution is 2.26. The molecule has 1 aromatic heterocycles. The molecule has 1 heterocycles. The van der Waals surface area contributed by atoms with Gasteiger partial charge in [0.2, 0.25) is 0 Å². The molecular formula is C15H20BrClN4. The van der Waals surface area contributed by atoms with Gasteiger partial charge in [0.05, 0.1) is 29.0 Å². The summed E-state index contributed by atoms with van der Waals surface area (Å²) in [5.41, 5.74) is 8.45. The molecule has 1 aromatic carbocycles. The highest BCUT2D eigenvalue weighted by atomic mass is 79.9. The van der Waals surface area contributed by atoms with Crippen molar-refractivity contribution in [3.05, 3.63) is 51.2 Å². The molecule has 21 heavy (non-hydrogen) atoms. The topological polar surface area (TPSA) is 47.1 Å². The van der Waals surface area contributed by atoms with Gasteiger partial charge in [0, 0.05) is 11.6 Å². The van der Waals surface area contributed by atoms with Gasteiger partial charge in [-0.1, -0.05) is 29.8 Å². The maximum absolute atomic E-state index is 6.39. The fourth-order valence-corrected chi connectivity index (χ4v) is 3.01. The molecule has 0 aliphatic heterocycles. The third-order valence-electron chi connectivity index (χ3n) is 3.34. The van der Waals surface area contributed by atoms with Crippen LogP contribution in [0.5, 0.6) is 0 Å². The van der Waals surface area contributed by atoms with Crippen LogP contribution in [0.2, 0.25) is 5.02 Å². The van der Waals surface area contributed by atoms with Crippen LogP contribution < -0.4 is 5.73 Å². The van der Waals surface area contributed by atoms with Crippen LogP contribution >= 0.6 is 27.5 Å². The van der Waals surface area contributed by atoms with E-state index < -0.39 is 0 Å². The van der Waals surface area contributed by atoms with Crippen LogP contribution in [-0.4, -0.2) is 35.3 Å². The number of hydrogen-bond donors (Lipinski definition) is 1. The minimum Gasteiger partial charge on any atom is -0.322 e. The van der Waals surface area contributed by atoms with Gasteiger partial charge in [-0.2, -0.15) is 5.10 Å². The summed E-state index contributed by atoms with van der Waals surface area (Å²) in [6.07, 6.45) is 2.49. The Hall–Kier alpha value is -0.880. The predicted molar refractivity (Wildman–Crippen MR) is 90.6 cm³/mol. The summed E-state index contributed by atoms with van der Waals surface area (Å²) in [5, 5.41) is 5.16. The molecule has 0 bridgehead atoms. The first kappa shape index (κ1) is 16.5. The summed E-state index contributed by atoms with van der Waals surface area (Å²) >= 11 is 9.76. The van der Waals surface area contributed by atoms with Crippen LogP contribution in [0.15, 0.2) is 34.9 Å². The van der Waals surface area contributed by atoms with E-state index in [0.29, 0.717) is 6.42 Å². The summed E-state index contributed by atoms with van der Waals surface area (Å²) in [7, 11) is 4.09. The maximum Gasteiger partial charge on any atom is 0.0697 e. The molecule has 0 spiro atoms. The van der Waals surface area contributed by atoms with Crippen LogP contribution in [0.4, 0.5) is 0 Å². The fraction of sp³-hybridized carbons (Fsp3) is 0.400. The molecule has 0 saturated heterocycles. The molecule has 1 atom stereocenters. The normalized spacial score (nSPS) is 12.9. The zero-order valence-electron chi connectivity index (χ0n) is 12.3. The monoisotopic (exact) mass is 370 g/mol. The lowest BCUT2D eigenvalue weighted by Crippen LogP contribution is -2.24. The molecule has 4 nitrogen and oxygen atoms in total. The molecule has 0 aliphatic rings. The largest absolute Gasteiger partial charge is 0.322 e. The van der Waals surface area contributed by atoms with E-state index in [4.69, 9.17) is 17.3 Å². The van der Waals surface area contributed by atoms with Gasteiger partial charge in [0.25, 0.3) is 0 Å². The number of nitrogens with zero attached hydrogens (tertiary/aromatic N) is 3. The lowest BCUT2D eigenvalue weighted by Gasteiger charge is -2.17. The van der Waals surface area contributed by atoms with Gasteiger partial charge in [-0.3, -0.25) is 4.68 Å². The van der Waals surface area contributed by atoms with Gasteiger partial charge >= 0.3 is 0 Å². The van der Waals surface area contributed by atoms with Gasteiger partial charge in [0.15, 0.2) is 0 Å². The Labute approximate surface area is 139 Å². The van der Waals surface area contributed by atoms with E-state index in [9.17, 15) is 0 Å². The SMILES string of the molecule is CN(C)CCn1ncc(Br)c1C(N)Cc1ccccc1Cl. The van der Waals surface area contributed by atoms with E-state index >= 15 is 0 Å². The van der Waals surface area contributed by atoms with Gasteiger partial charge in [-0.25, -0.2) is 0 Å². The van der Waals surface area contributed by atoms with Crippen molar-refractivity contribution in [2.24, 2.45) is 5.73 Å². The van der Waals surface area contributed by atoms with E-state index in [0.717, 1.165) is 33.8 Å². The molecule has 0 fully saturated rings. The zero-order valence-corrected chi connectivity index (χ0v) is 14.6. The molecule has 0 amide bonds. The summed E-state index contributed by atoms with van der Waals surface area (Å²) < 4.78 is 2.91. The van der Waals surface area contributed by atoms with E-state index in [1.54, 1.807) is 6.20 Å². The first-order valence-electron chi connectivity index (χ1n) is 6.84. The van der Waals surface area contributed by atoms with E-state index in [-0.39, 0.29) is 6.04 Å². The Morgan fingerprint density at radius 1 is 1.38 bits per heavy atom. The highest BCUT2D eigenvalue weighted by Gasteiger charge is 2.18. The number of nitrogens with two attached hydrogens (primary N) is 1. The van der Waals surface area contributed by atoms with Gasteiger partial charge in [-0.05, 0) is 48.1 Å². The standard InChI is InChI=1S/C15H20BrClN4/c1-20(2)7-8-21-15(12(16)10-19-21)14(18)9-11-5-3-4-6-13(11)17/h3-6,10,14H,7-9,18H2,1-2H3. The molecule has 6 heteroatoms. The van der Waals surface area contributed by atoms with Crippen molar-refractivity contribution in [3.63, 3.8) is 0 Å². The number of halogens is 2. The van der Waals surface area contributed by atoms with Crippen molar-refractivity contribution in [1.82, 2.24) is 14.7 Å². The maximum atomic E-state index is 6.39. The molecule has 1 unspecified atom stereocenters.